The van der Waals surface area contributed by atoms with E-state index in [0.717, 1.165) is 5.56 Å². The van der Waals surface area contributed by atoms with Crippen LogP contribution in [0, 0.1) is 0 Å². The van der Waals surface area contributed by atoms with Gasteiger partial charge < -0.3 is 4.84 Å². The third-order valence-corrected chi connectivity index (χ3v) is 1.42. The fourth-order valence-corrected chi connectivity index (χ4v) is 0.905. The SMILES string of the molecule is CONCc1ccnc(Cl)c1. The zero-order chi connectivity index (χ0) is 8.10. The number of hydrogen-bond donors (Lipinski definition) is 1. The molecule has 0 unspecified atom stereocenters. The van der Waals surface area contributed by atoms with Crippen LogP contribution in [0.1, 0.15) is 5.56 Å². The van der Waals surface area contributed by atoms with Crippen LogP contribution in [-0.2, 0) is 11.4 Å². The van der Waals surface area contributed by atoms with Crippen LogP contribution in [0.2, 0.25) is 5.15 Å². The van der Waals surface area contributed by atoms with Gasteiger partial charge in [-0.15, -0.1) is 0 Å². The number of rotatable bonds is 3. The smallest absolute Gasteiger partial charge is 0.129 e. The van der Waals surface area contributed by atoms with Crippen molar-refractivity contribution in [3.05, 3.63) is 29.0 Å². The summed E-state index contributed by atoms with van der Waals surface area (Å²) in [5.74, 6) is 0. The monoisotopic (exact) mass is 172 g/mol. The van der Waals surface area contributed by atoms with Crippen LogP contribution in [0.15, 0.2) is 18.3 Å². The molecule has 11 heavy (non-hydrogen) atoms. The lowest BCUT2D eigenvalue weighted by molar-refractivity contribution is 0.0867. The van der Waals surface area contributed by atoms with Gasteiger partial charge in [0, 0.05) is 12.7 Å². The molecule has 0 aliphatic heterocycles. The van der Waals surface area contributed by atoms with Crippen molar-refractivity contribution in [2.45, 2.75) is 6.54 Å². The van der Waals surface area contributed by atoms with E-state index in [4.69, 9.17) is 11.6 Å². The normalized spacial score (nSPS) is 10.0. The summed E-state index contributed by atoms with van der Waals surface area (Å²) in [5, 5.41) is 0.500. The molecule has 0 bridgehead atoms. The predicted octanol–water partition coefficient (Wildman–Crippen LogP) is 1.39. The molecular formula is C7H9ClN2O. The maximum absolute atomic E-state index is 5.64. The zero-order valence-electron chi connectivity index (χ0n) is 6.17. The second-order valence-electron chi connectivity index (χ2n) is 2.01. The third-order valence-electron chi connectivity index (χ3n) is 1.21. The van der Waals surface area contributed by atoms with Crippen molar-refractivity contribution in [3.8, 4) is 0 Å². The molecule has 3 nitrogen and oxygen atoms in total. The molecule has 1 aromatic rings. The van der Waals surface area contributed by atoms with Crippen LogP contribution in [0.5, 0.6) is 0 Å². The van der Waals surface area contributed by atoms with Crippen LogP contribution in [0.3, 0.4) is 0 Å². The largest absolute Gasteiger partial charge is 0.305 e. The van der Waals surface area contributed by atoms with Gasteiger partial charge in [0.1, 0.15) is 5.15 Å². The number of aromatic nitrogens is 1. The Balaban J connectivity index is 2.56. The van der Waals surface area contributed by atoms with Crippen LogP contribution < -0.4 is 5.48 Å². The van der Waals surface area contributed by atoms with Gasteiger partial charge in [-0.05, 0) is 17.7 Å². The summed E-state index contributed by atoms with van der Waals surface area (Å²) in [6.07, 6.45) is 1.66. The number of hydrogen-bond acceptors (Lipinski definition) is 3. The molecule has 0 spiro atoms. The number of pyridine rings is 1. The number of nitrogens with one attached hydrogen (secondary N) is 1. The van der Waals surface area contributed by atoms with E-state index in [1.807, 2.05) is 6.07 Å². The summed E-state index contributed by atoms with van der Waals surface area (Å²) in [4.78, 5) is 8.52. The molecule has 0 aromatic carbocycles. The van der Waals surface area contributed by atoms with Crippen molar-refractivity contribution in [1.82, 2.24) is 10.5 Å². The van der Waals surface area contributed by atoms with Gasteiger partial charge in [0.05, 0.1) is 7.11 Å². The first-order chi connectivity index (χ1) is 5.33. The summed E-state index contributed by atoms with van der Waals surface area (Å²) in [6.45, 7) is 0.638. The minimum atomic E-state index is 0.500. The van der Waals surface area contributed by atoms with Crippen LogP contribution in [-0.4, -0.2) is 12.1 Å². The van der Waals surface area contributed by atoms with Gasteiger partial charge in [0.2, 0.25) is 0 Å². The van der Waals surface area contributed by atoms with Gasteiger partial charge in [0.15, 0.2) is 0 Å². The van der Waals surface area contributed by atoms with Gasteiger partial charge in [-0.3, -0.25) is 0 Å². The van der Waals surface area contributed by atoms with Gasteiger partial charge in [-0.1, -0.05) is 11.6 Å². The Morgan fingerprint density at radius 2 is 2.55 bits per heavy atom. The number of nitrogens with zero attached hydrogens (tertiary/aromatic N) is 1. The van der Waals surface area contributed by atoms with E-state index in [1.165, 1.54) is 0 Å². The average Bonchev–Trinajstić information content (AvgIpc) is 2.01. The molecule has 1 heterocycles. The van der Waals surface area contributed by atoms with E-state index in [2.05, 4.69) is 15.3 Å². The Hall–Kier alpha value is -0.640. The van der Waals surface area contributed by atoms with Crippen molar-refractivity contribution >= 4 is 11.6 Å². The lowest BCUT2D eigenvalue weighted by atomic mass is 10.3. The summed E-state index contributed by atoms with van der Waals surface area (Å²) in [7, 11) is 1.57. The molecule has 0 atom stereocenters. The molecule has 0 fully saturated rings. The molecule has 0 radical (unpaired) electrons. The lowest BCUT2D eigenvalue weighted by Crippen LogP contribution is -2.10. The molecule has 1 N–H and O–H groups in total. The molecule has 1 aromatic heterocycles. The zero-order valence-corrected chi connectivity index (χ0v) is 6.93. The van der Waals surface area contributed by atoms with Crippen molar-refractivity contribution < 1.29 is 4.84 Å². The molecule has 0 aliphatic carbocycles. The minimum Gasteiger partial charge on any atom is -0.305 e. The fraction of sp³-hybridized carbons (Fsp3) is 0.286. The van der Waals surface area contributed by atoms with Gasteiger partial charge in [-0.2, -0.15) is 5.48 Å². The number of hydroxylamine groups is 1. The summed E-state index contributed by atoms with van der Waals surface area (Å²) >= 11 is 5.64. The Bertz CT molecular complexity index is 229. The van der Waals surface area contributed by atoms with E-state index >= 15 is 0 Å². The first-order valence-corrected chi connectivity index (χ1v) is 3.57. The predicted molar refractivity (Wildman–Crippen MR) is 43.1 cm³/mol. The second kappa shape index (κ2) is 4.28. The van der Waals surface area contributed by atoms with Crippen molar-refractivity contribution in [3.63, 3.8) is 0 Å². The summed E-state index contributed by atoms with van der Waals surface area (Å²) in [5.41, 5.74) is 3.75. The molecule has 0 saturated carbocycles. The maximum Gasteiger partial charge on any atom is 0.129 e. The number of halogens is 1. The highest BCUT2D eigenvalue weighted by Gasteiger charge is 1.92. The Labute approximate surface area is 70.3 Å². The minimum absolute atomic E-state index is 0.500. The van der Waals surface area contributed by atoms with Crippen molar-refractivity contribution in [1.29, 1.82) is 0 Å². The van der Waals surface area contributed by atoms with E-state index < -0.39 is 0 Å². The quantitative estimate of drug-likeness (QED) is 0.553. The molecule has 0 aliphatic rings. The standard InChI is InChI=1S/C7H9ClN2O/c1-11-10-5-6-2-3-9-7(8)4-6/h2-4,10H,5H2,1H3. The summed E-state index contributed by atoms with van der Waals surface area (Å²) in [6, 6.07) is 3.66. The molecule has 1 rings (SSSR count). The van der Waals surface area contributed by atoms with Crippen LogP contribution in [0.4, 0.5) is 0 Å². The highest BCUT2D eigenvalue weighted by atomic mass is 35.5. The van der Waals surface area contributed by atoms with Crippen molar-refractivity contribution in [2.24, 2.45) is 0 Å². The molecule has 60 valence electrons. The van der Waals surface area contributed by atoms with Crippen molar-refractivity contribution in [2.75, 3.05) is 7.11 Å². The van der Waals surface area contributed by atoms with Crippen LogP contribution in [0.25, 0.3) is 0 Å². The molecule has 0 amide bonds. The Kier molecular flexibility index (Phi) is 3.29. The molecule has 0 saturated heterocycles. The topological polar surface area (TPSA) is 34.1 Å². The highest BCUT2D eigenvalue weighted by Crippen LogP contribution is 2.05. The average molecular weight is 173 g/mol. The Morgan fingerprint density at radius 3 is 3.18 bits per heavy atom. The third kappa shape index (κ3) is 2.84. The van der Waals surface area contributed by atoms with Crippen LogP contribution >= 0.6 is 11.6 Å². The first-order valence-electron chi connectivity index (χ1n) is 3.19. The van der Waals surface area contributed by atoms with Gasteiger partial charge >= 0.3 is 0 Å². The molecular weight excluding hydrogens is 164 g/mol. The molecule has 4 heteroatoms. The summed E-state index contributed by atoms with van der Waals surface area (Å²) < 4.78 is 0. The Morgan fingerprint density at radius 1 is 1.73 bits per heavy atom. The second-order valence-corrected chi connectivity index (χ2v) is 2.40. The maximum atomic E-state index is 5.64. The van der Waals surface area contributed by atoms with E-state index in [9.17, 15) is 0 Å². The fourth-order valence-electron chi connectivity index (χ4n) is 0.708. The van der Waals surface area contributed by atoms with Gasteiger partial charge in [-0.25, -0.2) is 4.98 Å². The van der Waals surface area contributed by atoms with Gasteiger partial charge in [0.25, 0.3) is 0 Å². The highest BCUT2D eigenvalue weighted by molar-refractivity contribution is 6.29. The first kappa shape index (κ1) is 8.46. The van der Waals surface area contributed by atoms with E-state index in [-0.39, 0.29) is 0 Å². The van der Waals surface area contributed by atoms with E-state index in [0.29, 0.717) is 11.7 Å². The van der Waals surface area contributed by atoms with E-state index in [1.54, 1.807) is 19.4 Å². The lowest BCUT2D eigenvalue weighted by Gasteiger charge is -2.00.